The zero-order chi connectivity index (χ0) is 17.6. The van der Waals surface area contributed by atoms with Crippen molar-refractivity contribution in [2.45, 2.75) is 18.5 Å². The van der Waals surface area contributed by atoms with Gasteiger partial charge in [-0.05, 0) is 12.1 Å². The number of alkyl halides is 7. The van der Waals surface area contributed by atoms with Crippen LogP contribution in [0, 0.1) is 0 Å². The van der Waals surface area contributed by atoms with E-state index in [0.29, 0.717) is 24.7 Å². The van der Waals surface area contributed by atoms with Gasteiger partial charge in [-0.3, -0.25) is 0 Å². The van der Waals surface area contributed by atoms with Gasteiger partial charge in [-0.15, -0.1) is 0 Å². The molecule has 0 fully saturated rings. The first-order valence-electron chi connectivity index (χ1n) is 5.71. The molecular weight excluding hydrogens is 376 g/mol. The minimum atomic E-state index is -4.71. The van der Waals surface area contributed by atoms with Crippen molar-refractivity contribution >= 4 is 23.2 Å². The Morgan fingerprint density at radius 2 is 1.52 bits per heavy atom. The lowest BCUT2D eigenvalue weighted by atomic mass is 10.2. The maximum absolute atomic E-state index is 13.2. The summed E-state index contributed by atoms with van der Waals surface area (Å²) in [6, 6.07) is 1.07. The highest BCUT2D eigenvalue weighted by molar-refractivity contribution is 6.37. The summed E-state index contributed by atoms with van der Waals surface area (Å²) in [5.74, 6) is -4.52. The Morgan fingerprint density at radius 3 is 1.96 bits per heavy atom. The Morgan fingerprint density at radius 1 is 1.00 bits per heavy atom. The van der Waals surface area contributed by atoms with Crippen molar-refractivity contribution < 1.29 is 30.7 Å². The minimum absolute atomic E-state index is 0.287. The zero-order valence-electron chi connectivity index (χ0n) is 10.7. The summed E-state index contributed by atoms with van der Waals surface area (Å²) in [6.07, 6.45) is -7.49. The fraction of sp³-hybridized carbons (Fsp3) is 0.250. The van der Waals surface area contributed by atoms with E-state index in [2.05, 4.69) is 4.98 Å². The van der Waals surface area contributed by atoms with Gasteiger partial charge in [0.05, 0.1) is 27.6 Å². The Kier molecular flexibility index (Phi) is 4.55. The van der Waals surface area contributed by atoms with Crippen molar-refractivity contribution in [2.24, 2.45) is 0 Å². The van der Waals surface area contributed by atoms with Gasteiger partial charge in [0, 0.05) is 6.20 Å². The third-order valence-electron chi connectivity index (χ3n) is 2.80. The molecule has 2 rings (SSSR count). The average Bonchev–Trinajstić information content (AvgIpc) is 2.86. The van der Waals surface area contributed by atoms with E-state index >= 15 is 0 Å². The first-order chi connectivity index (χ1) is 10.4. The molecule has 0 atom stereocenters. The van der Waals surface area contributed by atoms with Crippen LogP contribution in [0.1, 0.15) is 11.3 Å². The molecule has 0 saturated heterocycles. The quantitative estimate of drug-likeness (QED) is 0.637. The molecule has 0 spiro atoms. The van der Waals surface area contributed by atoms with E-state index in [1.807, 2.05) is 0 Å². The summed E-state index contributed by atoms with van der Waals surface area (Å²) in [5.41, 5.74) is -2.70. The maximum Gasteiger partial charge on any atom is 0.416 e. The standard InChI is InChI=1S/C12H5Cl2F7N2/c13-6-1-5(12(19,20)21)2-7(14)9(6)23-3-8(22-4-23)11(17,18)10(15)16/h1-4,10H. The SMILES string of the molecule is FC(F)C(F)(F)c1cn(-c2c(Cl)cc(C(F)(F)F)cc2Cl)cn1. The van der Waals surface area contributed by atoms with Gasteiger partial charge in [-0.1, -0.05) is 23.2 Å². The van der Waals surface area contributed by atoms with Crippen molar-refractivity contribution in [1.29, 1.82) is 0 Å². The summed E-state index contributed by atoms with van der Waals surface area (Å²) >= 11 is 11.4. The molecule has 0 aliphatic rings. The largest absolute Gasteiger partial charge is 0.416 e. The fourth-order valence-electron chi connectivity index (χ4n) is 1.70. The van der Waals surface area contributed by atoms with E-state index in [1.54, 1.807) is 0 Å². The van der Waals surface area contributed by atoms with Gasteiger partial charge in [0.25, 0.3) is 0 Å². The number of hydrogen-bond donors (Lipinski definition) is 0. The van der Waals surface area contributed by atoms with Crippen molar-refractivity contribution in [3.63, 3.8) is 0 Å². The summed E-state index contributed by atoms with van der Waals surface area (Å²) in [5, 5.41) is -1.01. The molecule has 1 aromatic heterocycles. The third-order valence-corrected chi connectivity index (χ3v) is 3.38. The number of imidazole rings is 1. The van der Waals surface area contributed by atoms with Gasteiger partial charge in [-0.2, -0.15) is 22.0 Å². The lowest BCUT2D eigenvalue weighted by molar-refractivity contribution is -0.137. The Hall–Kier alpha value is -1.48. The second kappa shape index (κ2) is 5.86. The molecule has 1 aromatic carbocycles. The Labute approximate surface area is 134 Å². The van der Waals surface area contributed by atoms with E-state index in [9.17, 15) is 30.7 Å². The number of benzene rings is 1. The molecule has 0 radical (unpaired) electrons. The van der Waals surface area contributed by atoms with Crippen LogP contribution in [-0.4, -0.2) is 16.0 Å². The van der Waals surface area contributed by atoms with Crippen LogP contribution in [0.4, 0.5) is 30.7 Å². The van der Waals surface area contributed by atoms with Gasteiger partial charge in [0.1, 0.15) is 5.69 Å². The number of nitrogens with zero attached hydrogens (tertiary/aromatic N) is 2. The molecule has 0 amide bonds. The van der Waals surface area contributed by atoms with Crippen molar-refractivity contribution in [1.82, 2.24) is 9.55 Å². The summed E-state index contributed by atoms with van der Waals surface area (Å²) in [6.45, 7) is 0. The van der Waals surface area contributed by atoms with Crippen LogP contribution in [0.2, 0.25) is 10.0 Å². The van der Waals surface area contributed by atoms with Crippen LogP contribution >= 0.6 is 23.2 Å². The monoisotopic (exact) mass is 380 g/mol. The molecule has 0 N–H and O–H groups in total. The Bertz CT molecular complexity index is 701. The van der Waals surface area contributed by atoms with Gasteiger partial charge in [0.2, 0.25) is 0 Å². The Balaban J connectivity index is 2.51. The number of halogens is 9. The predicted octanol–water partition coefficient (Wildman–Crippen LogP) is 5.55. The lowest BCUT2D eigenvalue weighted by Gasteiger charge is -2.13. The second-order valence-corrected chi connectivity index (χ2v) is 5.19. The third kappa shape index (κ3) is 3.40. The number of aromatic nitrogens is 2. The molecule has 0 aliphatic carbocycles. The molecule has 126 valence electrons. The highest BCUT2D eigenvalue weighted by atomic mass is 35.5. The first kappa shape index (κ1) is 17.9. The zero-order valence-corrected chi connectivity index (χ0v) is 12.2. The minimum Gasteiger partial charge on any atom is -0.303 e. The van der Waals surface area contributed by atoms with Crippen LogP contribution in [0.25, 0.3) is 5.69 Å². The van der Waals surface area contributed by atoms with Crippen LogP contribution in [0.5, 0.6) is 0 Å². The van der Waals surface area contributed by atoms with E-state index in [0.717, 1.165) is 4.57 Å². The number of hydrogen-bond acceptors (Lipinski definition) is 1. The van der Waals surface area contributed by atoms with Gasteiger partial charge >= 0.3 is 18.5 Å². The molecular formula is C12H5Cl2F7N2. The van der Waals surface area contributed by atoms with Gasteiger partial charge < -0.3 is 4.57 Å². The predicted molar refractivity (Wildman–Crippen MR) is 68.5 cm³/mol. The highest BCUT2D eigenvalue weighted by Crippen LogP contribution is 2.39. The molecule has 2 aromatic rings. The van der Waals surface area contributed by atoms with Crippen LogP contribution in [-0.2, 0) is 12.1 Å². The second-order valence-electron chi connectivity index (χ2n) is 4.38. The van der Waals surface area contributed by atoms with Crippen molar-refractivity contribution in [3.05, 3.63) is 46.0 Å². The summed E-state index contributed by atoms with van der Waals surface area (Å²) < 4.78 is 89.5. The van der Waals surface area contributed by atoms with E-state index < -0.39 is 39.8 Å². The molecule has 11 heteroatoms. The molecule has 0 bridgehead atoms. The summed E-state index contributed by atoms with van der Waals surface area (Å²) in [7, 11) is 0. The fourth-order valence-corrected chi connectivity index (χ4v) is 2.39. The maximum atomic E-state index is 13.2. The van der Waals surface area contributed by atoms with E-state index in [-0.39, 0.29) is 5.69 Å². The normalized spacial score (nSPS) is 13.0. The first-order valence-corrected chi connectivity index (χ1v) is 6.47. The van der Waals surface area contributed by atoms with Crippen LogP contribution in [0.15, 0.2) is 24.7 Å². The molecule has 0 saturated carbocycles. The molecule has 0 aliphatic heterocycles. The van der Waals surface area contributed by atoms with Crippen molar-refractivity contribution in [3.8, 4) is 5.69 Å². The van der Waals surface area contributed by atoms with Crippen molar-refractivity contribution in [2.75, 3.05) is 0 Å². The van der Waals surface area contributed by atoms with E-state index in [1.165, 1.54) is 0 Å². The molecule has 2 nitrogen and oxygen atoms in total. The van der Waals surface area contributed by atoms with Crippen LogP contribution < -0.4 is 0 Å². The number of rotatable bonds is 3. The highest BCUT2D eigenvalue weighted by Gasteiger charge is 2.45. The average molecular weight is 381 g/mol. The van der Waals surface area contributed by atoms with Crippen LogP contribution in [0.3, 0.4) is 0 Å². The van der Waals surface area contributed by atoms with E-state index in [4.69, 9.17) is 23.2 Å². The molecule has 0 unspecified atom stereocenters. The van der Waals surface area contributed by atoms with Gasteiger partial charge in [-0.25, -0.2) is 13.8 Å². The summed E-state index contributed by atoms with van der Waals surface area (Å²) in [4.78, 5) is 3.13. The molecule has 23 heavy (non-hydrogen) atoms. The smallest absolute Gasteiger partial charge is 0.303 e. The topological polar surface area (TPSA) is 17.8 Å². The lowest BCUT2D eigenvalue weighted by Crippen LogP contribution is -2.23. The van der Waals surface area contributed by atoms with Gasteiger partial charge in [0.15, 0.2) is 0 Å². The molecule has 1 heterocycles.